The molecule has 27 heavy (non-hydrogen) atoms. The van der Waals surface area contributed by atoms with E-state index in [2.05, 4.69) is 24.3 Å². The summed E-state index contributed by atoms with van der Waals surface area (Å²) in [5, 5.41) is 8.75. The number of aliphatic hydroxyl groups excluding tert-OH is 1. The molecule has 1 N–H and O–H groups in total. The van der Waals surface area contributed by atoms with E-state index >= 15 is 0 Å². The van der Waals surface area contributed by atoms with Crippen LogP contribution in [0.15, 0.2) is 48.5 Å². The normalized spacial score (nSPS) is 15.5. The quantitative estimate of drug-likeness (QED) is 0.405. The molecule has 1 aliphatic rings. The second-order valence-electron chi connectivity index (χ2n) is 7.01. The van der Waals surface area contributed by atoms with Gasteiger partial charge in [0.05, 0.1) is 13.2 Å². The molecular formula is C23H30O4. The highest BCUT2D eigenvalue weighted by Crippen LogP contribution is 2.25. The first-order valence-corrected chi connectivity index (χ1v) is 10.0. The van der Waals surface area contributed by atoms with Crippen molar-refractivity contribution in [2.24, 2.45) is 0 Å². The fraction of sp³-hybridized carbons (Fsp3) is 0.478. The lowest BCUT2D eigenvalue weighted by atomic mass is 10.1. The Morgan fingerprint density at radius 3 is 1.81 bits per heavy atom. The van der Waals surface area contributed by atoms with E-state index in [-0.39, 0.29) is 6.10 Å². The van der Waals surface area contributed by atoms with Crippen LogP contribution in [0, 0.1) is 0 Å². The largest absolute Gasteiger partial charge is 0.494 e. The van der Waals surface area contributed by atoms with Crippen LogP contribution in [-0.2, 0) is 4.74 Å². The molecule has 3 rings (SSSR count). The lowest BCUT2D eigenvalue weighted by molar-refractivity contribution is 0.263. The van der Waals surface area contributed by atoms with Gasteiger partial charge in [-0.3, -0.25) is 0 Å². The molecule has 1 unspecified atom stereocenters. The summed E-state index contributed by atoms with van der Waals surface area (Å²) in [6, 6.07) is 16.4. The van der Waals surface area contributed by atoms with Crippen molar-refractivity contribution in [1.29, 1.82) is 0 Å². The molecule has 1 heterocycles. The molecule has 1 aliphatic heterocycles. The van der Waals surface area contributed by atoms with Crippen LogP contribution in [0.3, 0.4) is 0 Å². The van der Waals surface area contributed by atoms with Crippen molar-refractivity contribution in [1.82, 2.24) is 0 Å². The van der Waals surface area contributed by atoms with Crippen LogP contribution >= 0.6 is 0 Å². The van der Waals surface area contributed by atoms with E-state index in [1.54, 1.807) is 0 Å². The van der Waals surface area contributed by atoms with Crippen LogP contribution in [0.25, 0.3) is 11.1 Å². The number of aliphatic hydroxyl groups is 1. The minimum Gasteiger partial charge on any atom is -0.494 e. The standard InChI is InChI=1S/C23H30O4/c24-15-5-3-1-2-4-6-16-25-21-11-7-19(8-12-21)20-9-13-22(14-10-20)26-17-23-18-27-23/h7-14,23-24H,1-6,15-18H2. The first kappa shape index (κ1) is 19.7. The van der Waals surface area contributed by atoms with E-state index in [0.717, 1.165) is 44.0 Å². The number of rotatable bonds is 13. The number of unbranched alkanes of at least 4 members (excludes halogenated alkanes) is 5. The van der Waals surface area contributed by atoms with Gasteiger partial charge in [0.15, 0.2) is 0 Å². The summed E-state index contributed by atoms with van der Waals surface area (Å²) >= 11 is 0. The van der Waals surface area contributed by atoms with Crippen molar-refractivity contribution in [2.45, 2.75) is 44.6 Å². The van der Waals surface area contributed by atoms with Gasteiger partial charge in [-0.05, 0) is 48.2 Å². The molecule has 2 aromatic carbocycles. The van der Waals surface area contributed by atoms with E-state index in [4.69, 9.17) is 19.3 Å². The second kappa shape index (κ2) is 11.0. The van der Waals surface area contributed by atoms with Gasteiger partial charge in [-0.1, -0.05) is 49.9 Å². The van der Waals surface area contributed by atoms with Gasteiger partial charge in [-0.2, -0.15) is 0 Å². The van der Waals surface area contributed by atoms with Crippen molar-refractivity contribution >= 4 is 0 Å². The molecule has 0 saturated carbocycles. The third-order valence-corrected chi connectivity index (χ3v) is 4.70. The Bertz CT molecular complexity index is 647. The van der Waals surface area contributed by atoms with Gasteiger partial charge in [0, 0.05) is 6.61 Å². The minimum atomic E-state index is 0.281. The van der Waals surface area contributed by atoms with Crippen LogP contribution in [0.1, 0.15) is 38.5 Å². The monoisotopic (exact) mass is 370 g/mol. The van der Waals surface area contributed by atoms with Crippen LogP contribution in [0.4, 0.5) is 0 Å². The molecule has 2 aromatic rings. The number of hydrogen-bond acceptors (Lipinski definition) is 4. The third kappa shape index (κ3) is 7.24. The second-order valence-corrected chi connectivity index (χ2v) is 7.01. The first-order chi connectivity index (χ1) is 13.3. The SMILES string of the molecule is OCCCCCCCCOc1ccc(-c2ccc(OCC3CO3)cc2)cc1. The Morgan fingerprint density at radius 1 is 0.741 bits per heavy atom. The number of hydrogen-bond donors (Lipinski definition) is 1. The van der Waals surface area contributed by atoms with E-state index in [1.807, 2.05) is 24.3 Å². The van der Waals surface area contributed by atoms with Gasteiger partial charge in [-0.15, -0.1) is 0 Å². The molecule has 4 nitrogen and oxygen atoms in total. The maximum Gasteiger partial charge on any atom is 0.119 e. The average Bonchev–Trinajstić information content (AvgIpc) is 3.54. The summed E-state index contributed by atoms with van der Waals surface area (Å²) in [5.74, 6) is 1.80. The van der Waals surface area contributed by atoms with E-state index < -0.39 is 0 Å². The average molecular weight is 370 g/mol. The zero-order valence-electron chi connectivity index (χ0n) is 15.9. The Labute approximate surface area is 162 Å². The maximum absolute atomic E-state index is 8.75. The number of epoxide rings is 1. The Kier molecular flexibility index (Phi) is 8.00. The molecule has 0 spiro atoms. The molecule has 0 aliphatic carbocycles. The van der Waals surface area contributed by atoms with E-state index in [1.165, 1.54) is 30.4 Å². The molecule has 0 radical (unpaired) electrons. The molecule has 146 valence electrons. The van der Waals surface area contributed by atoms with Gasteiger partial charge in [-0.25, -0.2) is 0 Å². The summed E-state index contributed by atoms with van der Waals surface area (Å²) in [7, 11) is 0. The predicted molar refractivity (Wildman–Crippen MR) is 107 cm³/mol. The van der Waals surface area contributed by atoms with Gasteiger partial charge >= 0.3 is 0 Å². The summed E-state index contributed by atoms with van der Waals surface area (Å²) in [4.78, 5) is 0. The fourth-order valence-electron chi connectivity index (χ4n) is 2.95. The van der Waals surface area contributed by atoms with Gasteiger partial charge in [0.2, 0.25) is 0 Å². The lowest BCUT2D eigenvalue weighted by Gasteiger charge is -2.09. The molecule has 4 heteroatoms. The van der Waals surface area contributed by atoms with E-state index in [0.29, 0.717) is 13.2 Å². The van der Waals surface area contributed by atoms with Crippen molar-refractivity contribution in [3.05, 3.63) is 48.5 Å². The minimum absolute atomic E-state index is 0.281. The van der Waals surface area contributed by atoms with Crippen molar-refractivity contribution in [3.63, 3.8) is 0 Å². The lowest BCUT2D eigenvalue weighted by Crippen LogP contribution is -2.03. The smallest absolute Gasteiger partial charge is 0.119 e. The molecule has 1 saturated heterocycles. The third-order valence-electron chi connectivity index (χ3n) is 4.70. The van der Waals surface area contributed by atoms with E-state index in [9.17, 15) is 0 Å². The van der Waals surface area contributed by atoms with Crippen LogP contribution in [-0.4, -0.2) is 37.6 Å². The Balaban J connectivity index is 1.36. The number of ether oxygens (including phenoxy) is 3. The fourth-order valence-corrected chi connectivity index (χ4v) is 2.95. The summed E-state index contributed by atoms with van der Waals surface area (Å²) in [6.07, 6.45) is 7.01. The van der Waals surface area contributed by atoms with Crippen LogP contribution < -0.4 is 9.47 Å². The van der Waals surface area contributed by atoms with Gasteiger partial charge < -0.3 is 19.3 Å². The highest BCUT2D eigenvalue weighted by atomic mass is 16.6. The van der Waals surface area contributed by atoms with Gasteiger partial charge in [0.25, 0.3) is 0 Å². The summed E-state index contributed by atoms with van der Waals surface area (Å²) in [5.41, 5.74) is 2.34. The van der Waals surface area contributed by atoms with Crippen LogP contribution in [0.2, 0.25) is 0 Å². The zero-order valence-corrected chi connectivity index (χ0v) is 15.9. The highest BCUT2D eigenvalue weighted by Gasteiger charge is 2.22. The van der Waals surface area contributed by atoms with Crippen molar-refractivity contribution < 1.29 is 19.3 Å². The van der Waals surface area contributed by atoms with Crippen molar-refractivity contribution in [3.8, 4) is 22.6 Å². The highest BCUT2D eigenvalue weighted by molar-refractivity contribution is 5.64. The maximum atomic E-state index is 8.75. The zero-order chi connectivity index (χ0) is 18.7. The molecular weight excluding hydrogens is 340 g/mol. The van der Waals surface area contributed by atoms with Crippen molar-refractivity contribution in [2.75, 3.05) is 26.4 Å². The molecule has 1 fully saturated rings. The Morgan fingerprint density at radius 2 is 1.26 bits per heavy atom. The Hall–Kier alpha value is -2.04. The predicted octanol–water partition coefficient (Wildman–Crippen LogP) is 4.84. The summed E-state index contributed by atoms with van der Waals surface area (Å²) < 4.78 is 16.7. The molecule has 0 aromatic heterocycles. The molecule has 0 bridgehead atoms. The number of benzene rings is 2. The molecule has 0 amide bonds. The summed E-state index contributed by atoms with van der Waals surface area (Å²) in [6.45, 7) is 2.52. The topological polar surface area (TPSA) is 51.2 Å². The van der Waals surface area contributed by atoms with Crippen LogP contribution in [0.5, 0.6) is 11.5 Å². The first-order valence-electron chi connectivity index (χ1n) is 10.0. The molecule has 1 atom stereocenters. The van der Waals surface area contributed by atoms with Gasteiger partial charge in [0.1, 0.15) is 24.2 Å².